The summed E-state index contributed by atoms with van der Waals surface area (Å²) in [6.45, 7) is 7.09. The largest absolute Gasteiger partial charge is 0.504 e. The van der Waals surface area contributed by atoms with Gasteiger partial charge in [0, 0.05) is 39.9 Å². The molecule has 0 fully saturated rings. The summed E-state index contributed by atoms with van der Waals surface area (Å²) in [4.78, 5) is 6.88. The molecule has 0 saturated heterocycles. The van der Waals surface area contributed by atoms with Gasteiger partial charge in [-0.2, -0.15) is 0 Å². The molecule has 1 aromatic rings. The Labute approximate surface area is 157 Å². The van der Waals surface area contributed by atoms with E-state index in [-0.39, 0.29) is 5.75 Å². The number of nitrogens with one attached hydrogen (secondary N) is 2. The first kappa shape index (κ1) is 22.1. The predicted molar refractivity (Wildman–Crippen MR) is 106 cm³/mol. The molecule has 0 aliphatic heterocycles. The Morgan fingerprint density at radius 1 is 1.23 bits per heavy atom. The molecule has 0 radical (unpaired) electrons. The fourth-order valence-corrected chi connectivity index (χ4v) is 2.47. The molecule has 0 saturated carbocycles. The molecule has 0 amide bonds. The second kappa shape index (κ2) is 13.2. The molecule has 7 nitrogen and oxygen atoms in total. The molecular weight excluding hydrogens is 332 g/mol. The normalized spacial score (nSPS) is 11.7. The minimum atomic E-state index is 0.161. The van der Waals surface area contributed by atoms with Crippen molar-refractivity contribution in [1.82, 2.24) is 15.5 Å². The van der Waals surface area contributed by atoms with Gasteiger partial charge in [-0.3, -0.25) is 4.99 Å². The van der Waals surface area contributed by atoms with Crippen LogP contribution in [0.1, 0.15) is 18.9 Å². The topological polar surface area (TPSA) is 78.4 Å². The maximum Gasteiger partial charge on any atom is 0.191 e. The van der Waals surface area contributed by atoms with Crippen LogP contribution in [0.3, 0.4) is 0 Å². The molecule has 1 rings (SSSR count). The first-order valence-electron chi connectivity index (χ1n) is 9.16. The number of methoxy groups -OCH3 is 2. The number of guanidine groups is 1. The minimum absolute atomic E-state index is 0.161. The molecule has 0 aromatic heterocycles. The third kappa shape index (κ3) is 8.92. The van der Waals surface area contributed by atoms with E-state index in [0.717, 1.165) is 63.7 Å². The SMILES string of the molecule is CCNC(=NCCN(C)CCCOC)NCCc1ccc(O)c(OC)c1. The average molecular weight is 367 g/mol. The van der Waals surface area contributed by atoms with Crippen LogP contribution >= 0.6 is 0 Å². The standard InChI is InChI=1S/C19H34N4O3/c1-5-20-19(22-11-13-23(2)12-6-14-25-3)21-10-9-16-7-8-17(24)18(15-16)26-4/h7-8,15,24H,5-6,9-14H2,1-4H3,(H2,20,21,22). The summed E-state index contributed by atoms with van der Waals surface area (Å²) in [6, 6.07) is 5.42. The molecule has 1 aromatic carbocycles. The summed E-state index contributed by atoms with van der Waals surface area (Å²) in [5.41, 5.74) is 1.10. The van der Waals surface area contributed by atoms with Crippen molar-refractivity contribution in [3.8, 4) is 11.5 Å². The number of rotatable bonds is 12. The van der Waals surface area contributed by atoms with Crippen molar-refractivity contribution in [3.63, 3.8) is 0 Å². The van der Waals surface area contributed by atoms with Gasteiger partial charge in [0.2, 0.25) is 0 Å². The van der Waals surface area contributed by atoms with Gasteiger partial charge in [0.05, 0.1) is 13.7 Å². The van der Waals surface area contributed by atoms with Crippen LogP contribution in [-0.4, -0.2) is 76.6 Å². The van der Waals surface area contributed by atoms with Gasteiger partial charge in [0.25, 0.3) is 0 Å². The van der Waals surface area contributed by atoms with Gasteiger partial charge in [-0.1, -0.05) is 6.07 Å². The van der Waals surface area contributed by atoms with Gasteiger partial charge in [0.15, 0.2) is 17.5 Å². The Bertz CT molecular complexity index is 538. The smallest absolute Gasteiger partial charge is 0.191 e. The highest BCUT2D eigenvalue weighted by Crippen LogP contribution is 2.26. The number of hydrogen-bond acceptors (Lipinski definition) is 5. The van der Waals surface area contributed by atoms with Crippen molar-refractivity contribution in [3.05, 3.63) is 23.8 Å². The van der Waals surface area contributed by atoms with Crippen LogP contribution in [0.25, 0.3) is 0 Å². The molecule has 3 N–H and O–H groups in total. The molecule has 0 bridgehead atoms. The summed E-state index contributed by atoms with van der Waals surface area (Å²) in [5.74, 6) is 1.48. The zero-order valence-corrected chi connectivity index (χ0v) is 16.5. The Hall–Kier alpha value is -1.99. The Morgan fingerprint density at radius 2 is 2.04 bits per heavy atom. The van der Waals surface area contributed by atoms with Gasteiger partial charge in [-0.15, -0.1) is 0 Å². The highest BCUT2D eigenvalue weighted by molar-refractivity contribution is 5.79. The van der Waals surface area contributed by atoms with Crippen molar-refractivity contribution in [2.45, 2.75) is 19.8 Å². The lowest BCUT2D eigenvalue weighted by molar-refractivity contribution is 0.180. The van der Waals surface area contributed by atoms with Crippen LogP contribution in [0.5, 0.6) is 11.5 Å². The number of nitrogens with zero attached hydrogens (tertiary/aromatic N) is 2. The molecule has 0 atom stereocenters. The van der Waals surface area contributed by atoms with Crippen LogP contribution in [0.2, 0.25) is 0 Å². The molecular formula is C19H34N4O3. The summed E-state index contributed by atoms with van der Waals surface area (Å²) >= 11 is 0. The van der Waals surface area contributed by atoms with E-state index in [4.69, 9.17) is 9.47 Å². The van der Waals surface area contributed by atoms with Gasteiger partial charge >= 0.3 is 0 Å². The maximum absolute atomic E-state index is 9.65. The predicted octanol–water partition coefficient (Wildman–Crippen LogP) is 1.47. The summed E-state index contributed by atoms with van der Waals surface area (Å²) in [5, 5.41) is 16.3. The first-order valence-corrected chi connectivity index (χ1v) is 9.16. The van der Waals surface area contributed by atoms with Gasteiger partial charge < -0.3 is 30.1 Å². The summed E-state index contributed by atoms with van der Waals surface area (Å²) < 4.78 is 10.2. The number of likely N-dealkylation sites (N-methyl/N-ethyl adjacent to an activating group) is 1. The molecule has 0 spiro atoms. The highest BCUT2D eigenvalue weighted by atomic mass is 16.5. The third-order valence-corrected chi connectivity index (χ3v) is 3.93. The number of phenolic OH excluding ortho intramolecular Hbond substituents is 1. The number of ether oxygens (including phenoxy) is 2. The van der Waals surface area contributed by atoms with E-state index < -0.39 is 0 Å². The minimum Gasteiger partial charge on any atom is -0.504 e. The first-order chi connectivity index (χ1) is 12.6. The second-order valence-electron chi connectivity index (χ2n) is 6.09. The van der Waals surface area contributed by atoms with E-state index >= 15 is 0 Å². The zero-order valence-electron chi connectivity index (χ0n) is 16.5. The van der Waals surface area contributed by atoms with E-state index in [1.54, 1.807) is 20.3 Å². The molecule has 0 unspecified atom stereocenters. The molecule has 0 aliphatic carbocycles. The number of phenols is 1. The van der Waals surface area contributed by atoms with Gasteiger partial charge in [0.1, 0.15) is 0 Å². The molecule has 7 heteroatoms. The zero-order chi connectivity index (χ0) is 19.2. The van der Waals surface area contributed by atoms with Crippen molar-refractivity contribution in [1.29, 1.82) is 0 Å². The van der Waals surface area contributed by atoms with Crippen LogP contribution in [0, 0.1) is 0 Å². The molecule has 0 aliphatic rings. The number of aliphatic imine (C=N–C) groups is 1. The number of hydrogen-bond donors (Lipinski definition) is 3. The number of benzene rings is 1. The molecule has 26 heavy (non-hydrogen) atoms. The van der Waals surface area contributed by atoms with Gasteiger partial charge in [-0.25, -0.2) is 0 Å². The lowest BCUT2D eigenvalue weighted by atomic mass is 10.1. The fraction of sp³-hybridized carbons (Fsp3) is 0.632. The Kier molecular flexibility index (Phi) is 11.2. The van der Waals surface area contributed by atoms with Crippen molar-refractivity contribution >= 4 is 5.96 Å². The third-order valence-electron chi connectivity index (χ3n) is 3.93. The van der Waals surface area contributed by atoms with E-state index in [2.05, 4.69) is 34.5 Å². The van der Waals surface area contributed by atoms with Gasteiger partial charge in [-0.05, 0) is 44.5 Å². The monoisotopic (exact) mass is 366 g/mol. The van der Waals surface area contributed by atoms with Crippen LogP contribution < -0.4 is 15.4 Å². The van der Waals surface area contributed by atoms with Crippen molar-refractivity contribution < 1.29 is 14.6 Å². The highest BCUT2D eigenvalue weighted by Gasteiger charge is 2.04. The quantitative estimate of drug-likeness (QED) is 0.295. The lowest BCUT2D eigenvalue weighted by Crippen LogP contribution is -2.39. The van der Waals surface area contributed by atoms with E-state index in [1.165, 1.54) is 0 Å². The summed E-state index contributed by atoms with van der Waals surface area (Å²) in [7, 11) is 5.38. The van der Waals surface area contributed by atoms with Crippen LogP contribution in [-0.2, 0) is 11.2 Å². The fourth-order valence-electron chi connectivity index (χ4n) is 2.47. The van der Waals surface area contributed by atoms with E-state index in [9.17, 15) is 5.11 Å². The second-order valence-corrected chi connectivity index (χ2v) is 6.09. The average Bonchev–Trinajstić information content (AvgIpc) is 2.63. The summed E-state index contributed by atoms with van der Waals surface area (Å²) in [6.07, 6.45) is 1.85. The van der Waals surface area contributed by atoms with Crippen molar-refractivity contribution in [2.24, 2.45) is 4.99 Å². The molecule has 0 heterocycles. The van der Waals surface area contributed by atoms with Crippen molar-refractivity contribution in [2.75, 3.05) is 60.6 Å². The van der Waals surface area contributed by atoms with Crippen LogP contribution in [0.15, 0.2) is 23.2 Å². The van der Waals surface area contributed by atoms with E-state index in [0.29, 0.717) is 5.75 Å². The Morgan fingerprint density at radius 3 is 2.73 bits per heavy atom. The van der Waals surface area contributed by atoms with Crippen LogP contribution in [0.4, 0.5) is 0 Å². The Balaban J connectivity index is 2.39. The number of aromatic hydroxyl groups is 1. The van der Waals surface area contributed by atoms with E-state index in [1.807, 2.05) is 12.1 Å². The molecule has 148 valence electrons. The maximum atomic E-state index is 9.65. The lowest BCUT2D eigenvalue weighted by Gasteiger charge is -2.16.